The fraction of sp³-hybridized carbons (Fsp3) is 0.312. The highest BCUT2D eigenvalue weighted by molar-refractivity contribution is 5.74. The molecule has 0 saturated heterocycles. The summed E-state index contributed by atoms with van der Waals surface area (Å²) < 4.78 is 1.81. The molecular weight excluding hydrogens is 294 g/mol. The molecule has 0 bridgehead atoms. The predicted molar refractivity (Wildman–Crippen MR) is 84.9 cm³/mol. The minimum absolute atomic E-state index is 0.0195. The lowest BCUT2D eigenvalue weighted by molar-refractivity contribution is 0.231. The van der Waals surface area contributed by atoms with E-state index in [1.807, 2.05) is 35.0 Å². The molecule has 0 unspecified atom stereocenters. The third kappa shape index (κ3) is 3.95. The zero-order valence-corrected chi connectivity index (χ0v) is 12.6. The molecule has 0 spiro atoms. The highest BCUT2D eigenvalue weighted by atomic mass is 16.3. The first kappa shape index (κ1) is 15.2. The lowest BCUT2D eigenvalue weighted by atomic mass is 10.1. The smallest absolute Gasteiger partial charge is 0.315 e. The number of hydrogen-bond acceptors (Lipinski definition) is 4. The molecule has 2 heterocycles. The average molecular weight is 313 g/mol. The second-order valence-electron chi connectivity index (χ2n) is 5.49. The summed E-state index contributed by atoms with van der Waals surface area (Å²) in [4.78, 5) is 20.2. The van der Waals surface area contributed by atoms with Crippen molar-refractivity contribution < 1.29 is 9.90 Å². The summed E-state index contributed by atoms with van der Waals surface area (Å²) in [5.74, 6) is 0.919. The zero-order valence-electron chi connectivity index (χ0n) is 12.6. The van der Waals surface area contributed by atoms with Crippen LogP contribution in [0.1, 0.15) is 12.0 Å². The highest BCUT2D eigenvalue weighted by Gasteiger charge is 2.19. The molecule has 0 fully saturated rings. The number of carbonyl (C=O) groups excluding carboxylic acids is 1. The van der Waals surface area contributed by atoms with E-state index >= 15 is 0 Å². The number of aliphatic hydroxyl groups is 1. The SMILES string of the molecule is O=C(NCc1ccc(-n2ccnc2)nc1)N[C@@H]1C=C[C@H](CO)C1. The van der Waals surface area contributed by atoms with Crippen LogP contribution in [0.5, 0.6) is 0 Å². The number of imidazole rings is 1. The maximum atomic E-state index is 11.9. The van der Waals surface area contributed by atoms with Crippen LogP contribution in [-0.4, -0.2) is 38.3 Å². The van der Waals surface area contributed by atoms with Crippen LogP contribution < -0.4 is 10.6 Å². The van der Waals surface area contributed by atoms with Gasteiger partial charge in [-0.1, -0.05) is 18.2 Å². The Balaban J connectivity index is 1.47. The molecule has 1 aliphatic carbocycles. The molecule has 3 rings (SSSR count). The van der Waals surface area contributed by atoms with Gasteiger partial charge in [0.15, 0.2) is 0 Å². The number of nitrogens with zero attached hydrogens (tertiary/aromatic N) is 3. The van der Waals surface area contributed by atoms with E-state index in [1.54, 1.807) is 18.7 Å². The lowest BCUT2D eigenvalue weighted by Crippen LogP contribution is -2.40. The van der Waals surface area contributed by atoms with Crippen molar-refractivity contribution in [3.05, 3.63) is 54.8 Å². The number of hydrogen-bond donors (Lipinski definition) is 3. The quantitative estimate of drug-likeness (QED) is 0.718. The first-order valence-corrected chi connectivity index (χ1v) is 7.51. The minimum Gasteiger partial charge on any atom is -0.396 e. The van der Waals surface area contributed by atoms with Gasteiger partial charge >= 0.3 is 6.03 Å². The van der Waals surface area contributed by atoms with E-state index in [9.17, 15) is 4.79 Å². The molecule has 2 aromatic rings. The molecule has 7 nitrogen and oxygen atoms in total. The van der Waals surface area contributed by atoms with Gasteiger partial charge in [0.1, 0.15) is 12.1 Å². The van der Waals surface area contributed by atoms with Gasteiger partial charge in [-0.15, -0.1) is 0 Å². The molecule has 2 aromatic heterocycles. The predicted octanol–water partition coefficient (Wildman–Crippen LogP) is 1.00. The first-order valence-electron chi connectivity index (χ1n) is 7.51. The molecule has 7 heteroatoms. The van der Waals surface area contributed by atoms with E-state index in [1.165, 1.54) is 0 Å². The monoisotopic (exact) mass is 313 g/mol. The Morgan fingerprint density at radius 2 is 2.30 bits per heavy atom. The van der Waals surface area contributed by atoms with Crippen molar-refractivity contribution in [1.29, 1.82) is 0 Å². The molecule has 0 aromatic carbocycles. The van der Waals surface area contributed by atoms with Gasteiger partial charge in [-0.05, 0) is 18.1 Å². The Morgan fingerprint density at radius 3 is 2.96 bits per heavy atom. The van der Waals surface area contributed by atoms with Gasteiger partial charge in [0.25, 0.3) is 0 Å². The summed E-state index contributed by atoms with van der Waals surface area (Å²) in [6.07, 6.45) is 11.5. The van der Waals surface area contributed by atoms with Crippen LogP contribution in [0, 0.1) is 5.92 Å². The van der Waals surface area contributed by atoms with Crippen LogP contribution >= 0.6 is 0 Å². The minimum atomic E-state index is -0.225. The number of aromatic nitrogens is 3. The molecule has 23 heavy (non-hydrogen) atoms. The standard InChI is InChI=1S/C16H19N5O2/c22-10-12-1-3-14(7-12)20-16(23)19-9-13-2-4-15(18-8-13)21-6-5-17-11-21/h1-6,8,11-12,14,22H,7,9-10H2,(H2,19,20,23)/t12-,14+/m0/s1. The van der Waals surface area contributed by atoms with E-state index in [-0.39, 0.29) is 24.6 Å². The Hall–Kier alpha value is -2.67. The van der Waals surface area contributed by atoms with E-state index in [0.29, 0.717) is 6.54 Å². The molecule has 1 aliphatic rings. The van der Waals surface area contributed by atoms with Crippen molar-refractivity contribution in [2.45, 2.75) is 19.0 Å². The Bertz CT molecular complexity index is 666. The number of amides is 2. The van der Waals surface area contributed by atoms with Gasteiger partial charge in [0, 0.05) is 43.7 Å². The third-order valence-corrected chi connectivity index (χ3v) is 3.75. The molecule has 120 valence electrons. The van der Waals surface area contributed by atoms with Crippen LogP contribution in [0.3, 0.4) is 0 Å². The number of carbonyl (C=O) groups is 1. The van der Waals surface area contributed by atoms with Crippen LogP contribution in [-0.2, 0) is 6.54 Å². The largest absolute Gasteiger partial charge is 0.396 e. The van der Waals surface area contributed by atoms with Crippen molar-refractivity contribution in [1.82, 2.24) is 25.2 Å². The van der Waals surface area contributed by atoms with Gasteiger partial charge in [-0.25, -0.2) is 14.8 Å². The zero-order chi connectivity index (χ0) is 16.1. The fourth-order valence-electron chi connectivity index (χ4n) is 2.49. The summed E-state index contributed by atoms with van der Waals surface area (Å²) >= 11 is 0. The Kier molecular flexibility index (Phi) is 4.68. The summed E-state index contributed by atoms with van der Waals surface area (Å²) in [6, 6.07) is 3.55. The number of pyridine rings is 1. The van der Waals surface area contributed by atoms with E-state index in [2.05, 4.69) is 20.6 Å². The normalized spacial score (nSPS) is 19.7. The van der Waals surface area contributed by atoms with Crippen molar-refractivity contribution in [2.75, 3.05) is 6.61 Å². The summed E-state index contributed by atoms with van der Waals surface area (Å²) in [5.41, 5.74) is 0.916. The first-order chi connectivity index (χ1) is 11.2. The maximum absolute atomic E-state index is 11.9. The van der Waals surface area contributed by atoms with Crippen LogP contribution in [0.15, 0.2) is 49.2 Å². The maximum Gasteiger partial charge on any atom is 0.315 e. The Labute approximate surface area is 134 Å². The molecule has 2 atom stereocenters. The van der Waals surface area contributed by atoms with Crippen molar-refractivity contribution in [2.24, 2.45) is 5.92 Å². The molecule has 3 N–H and O–H groups in total. The van der Waals surface area contributed by atoms with E-state index in [0.717, 1.165) is 17.8 Å². The second-order valence-corrected chi connectivity index (χ2v) is 5.49. The van der Waals surface area contributed by atoms with E-state index in [4.69, 9.17) is 5.11 Å². The molecule has 2 amide bonds. The number of urea groups is 1. The van der Waals surface area contributed by atoms with Crippen molar-refractivity contribution in [3.63, 3.8) is 0 Å². The average Bonchev–Trinajstić information content (AvgIpc) is 3.25. The molecule has 0 radical (unpaired) electrons. The van der Waals surface area contributed by atoms with Crippen LogP contribution in [0.25, 0.3) is 5.82 Å². The summed E-state index contributed by atoms with van der Waals surface area (Å²) in [5, 5.41) is 14.7. The number of aliphatic hydroxyl groups excluding tert-OH is 1. The molecule has 0 aliphatic heterocycles. The van der Waals surface area contributed by atoms with Gasteiger partial charge in [0.05, 0.1) is 0 Å². The molecule has 0 saturated carbocycles. The highest BCUT2D eigenvalue weighted by Crippen LogP contribution is 2.16. The van der Waals surface area contributed by atoms with Gasteiger partial charge < -0.3 is 15.7 Å². The number of rotatable bonds is 5. The van der Waals surface area contributed by atoms with Crippen LogP contribution in [0.2, 0.25) is 0 Å². The molecular formula is C16H19N5O2. The number of nitrogens with one attached hydrogen (secondary N) is 2. The summed E-state index contributed by atoms with van der Waals surface area (Å²) in [6.45, 7) is 0.522. The van der Waals surface area contributed by atoms with Crippen molar-refractivity contribution >= 4 is 6.03 Å². The lowest BCUT2D eigenvalue weighted by Gasteiger charge is -2.13. The third-order valence-electron chi connectivity index (χ3n) is 3.75. The fourth-order valence-corrected chi connectivity index (χ4v) is 2.49. The van der Waals surface area contributed by atoms with Gasteiger partial charge in [-0.3, -0.25) is 4.57 Å². The topological polar surface area (TPSA) is 92.1 Å². The second kappa shape index (κ2) is 7.06. The van der Waals surface area contributed by atoms with Gasteiger partial charge in [-0.2, -0.15) is 0 Å². The van der Waals surface area contributed by atoms with Crippen molar-refractivity contribution in [3.8, 4) is 5.82 Å². The van der Waals surface area contributed by atoms with Crippen LogP contribution in [0.4, 0.5) is 4.79 Å². The Morgan fingerprint density at radius 1 is 1.39 bits per heavy atom. The van der Waals surface area contributed by atoms with Gasteiger partial charge in [0.2, 0.25) is 0 Å². The summed E-state index contributed by atoms with van der Waals surface area (Å²) in [7, 11) is 0. The van der Waals surface area contributed by atoms with E-state index < -0.39 is 0 Å².